The van der Waals surface area contributed by atoms with Crippen molar-refractivity contribution in [3.8, 4) is 0 Å². The number of hydrogen-bond donors (Lipinski definition) is 3. The lowest BCUT2D eigenvalue weighted by Crippen LogP contribution is -2.42. The van der Waals surface area contributed by atoms with Gasteiger partial charge in [-0.15, -0.1) is 0 Å². The minimum Gasteiger partial charge on any atom is -0.391 e. The maximum Gasteiger partial charge on any atom is 0.247 e. The van der Waals surface area contributed by atoms with Gasteiger partial charge >= 0.3 is 0 Å². The average molecular weight is 340 g/mol. The zero-order valence-corrected chi connectivity index (χ0v) is 14.1. The first kappa shape index (κ1) is 17.6. The van der Waals surface area contributed by atoms with Crippen LogP contribution in [0.3, 0.4) is 0 Å². The molecule has 126 valence electrons. The van der Waals surface area contributed by atoms with Crippen molar-refractivity contribution >= 4 is 34.8 Å². The fourth-order valence-electron chi connectivity index (χ4n) is 2.66. The number of halogens is 1. The molecule has 1 fully saturated rings. The topological polar surface area (TPSA) is 81.7 Å². The molecule has 1 heterocycles. The molecule has 0 aliphatic carbocycles. The van der Waals surface area contributed by atoms with Crippen molar-refractivity contribution in [2.24, 2.45) is 0 Å². The van der Waals surface area contributed by atoms with Gasteiger partial charge in [0.25, 0.3) is 0 Å². The molecule has 0 saturated carbocycles. The summed E-state index contributed by atoms with van der Waals surface area (Å²) in [5.41, 5.74) is 1.35. The Balaban J connectivity index is 2.16. The molecular weight excluding hydrogens is 318 g/mol. The van der Waals surface area contributed by atoms with Crippen LogP contribution in [0.2, 0.25) is 5.02 Å². The zero-order chi connectivity index (χ0) is 17.0. The molecule has 2 rings (SSSR count). The van der Waals surface area contributed by atoms with Crippen molar-refractivity contribution in [1.82, 2.24) is 4.90 Å². The Hall–Kier alpha value is -1.79. The Bertz CT molecular complexity index is 594. The molecule has 2 amide bonds. The van der Waals surface area contributed by atoms with E-state index in [1.165, 1.54) is 11.8 Å². The normalized spacial score (nSPS) is 20.4. The number of anilines is 2. The predicted octanol–water partition coefficient (Wildman–Crippen LogP) is 2.08. The third kappa shape index (κ3) is 4.36. The van der Waals surface area contributed by atoms with E-state index in [1.54, 1.807) is 18.2 Å². The van der Waals surface area contributed by atoms with Crippen molar-refractivity contribution in [2.75, 3.05) is 23.7 Å². The molecule has 2 atom stereocenters. The summed E-state index contributed by atoms with van der Waals surface area (Å²) in [6.45, 7) is 4.40. The van der Waals surface area contributed by atoms with Gasteiger partial charge in [0.05, 0.1) is 17.5 Å². The maximum atomic E-state index is 12.5. The Morgan fingerprint density at radius 1 is 1.39 bits per heavy atom. The summed E-state index contributed by atoms with van der Waals surface area (Å²) in [6, 6.07) is 4.55. The fourth-order valence-corrected chi connectivity index (χ4v) is 2.83. The van der Waals surface area contributed by atoms with Crippen molar-refractivity contribution < 1.29 is 14.7 Å². The molecule has 23 heavy (non-hydrogen) atoms. The molecule has 1 saturated heterocycles. The van der Waals surface area contributed by atoms with Crippen LogP contribution in [0.5, 0.6) is 0 Å². The number of nitrogens with zero attached hydrogens (tertiary/aromatic N) is 1. The van der Waals surface area contributed by atoms with Crippen LogP contribution >= 0.6 is 11.6 Å². The highest BCUT2D eigenvalue weighted by Crippen LogP contribution is 2.27. The predicted molar refractivity (Wildman–Crippen MR) is 90.7 cm³/mol. The number of likely N-dealkylation sites (tertiary alicyclic amines) is 1. The van der Waals surface area contributed by atoms with Gasteiger partial charge < -0.3 is 20.6 Å². The van der Waals surface area contributed by atoms with E-state index in [4.69, 9.17) is 11.6 Å². The van der Waals surface area contributed by atoms with Crippen LogP contribution < -0.4 is 10.6 Å². The van der Waals surface area contributed by atoms with Gasteiger partial charge in [0.2, 0.25) is 11.8 Å². The van der Waals surface area contributed by atoms with Gasteiger partial charge in [0, 0.05) is 31.5 Å². The number of hydrogen-bond acceptors (Lipinski definition) is 4. The third-order valence-corrected chi connectivity index (χ3v) is 4.03. The van der Waals surface area contributed by atoms with Crippen LogP contribution in [0.15, 0.2) is 18.2 Å². The van der Waals surface area contributed by atoms with E-state index in [2.05, 4.69) is 10.6 Å². The molecular formula is C16H22ClN3O3. The number of aliphatic hydroxyl groups excluding tert-OH is 1. The number of amides is 2. The fraction of sp³-hybridized carbons (Fsp3) is 0.500. The average Bonchev–Trinajstić information content (AvgIpc) is 2.89. The van der Waals surface area contributed by atoms with Crippen LogP contribution in [0.25, 0.3) is 0 Å². The molecule has 0 aromatic heterocycles. The number of benzene rings is 1. The summed E-state index contributed by atoms with van der Waals surface area (Å²) in [5.74, 6) is -0.546. The lowest BCUT2D eigenvalue weighted by molar-refractivity contribution is -0.134. The first-order valence-electron chi connectivity index (χ1n) is 7.72. The van der Waals surface area contributed by atoms with Crippen LogP contribution in [0, 0.1) is 0 Å². The Kier molecular flexibility index (Phi) is 5.85. The minimum atomic E-state index is -0.674. The summed E-state index contributed by atoms with van der Waals surface area (Å²) in [5, 5.41) is 16.3. The molecule has 0 spiro atoms. The second-order valence-electron chi connectivity index (χ2n) is 5.68. The highest BCUT2D eigenvalue weighted by atomic mass is 35.5. The number of carbonyl (C=O) groups is 2. The summed E-state index contributed by atoms with van der Waals surface area (Å²) in [6.07, 6.45) is 0.513. The molecule has 6 nitrogen and oxygen atoms in total. The molecule has 1 aliphatic heterocycles. The van der Waals surface area contributed by atoms with Gasteiger partial charge in [0.1, 0.15) is 6.04 Å². The van der Waals surface area contributed by atoms with Crippen LogP contribution in [-0.4, -0.2) is 47.1 Å². The highest BCUT2D eigenvalue weighted by Gasteiger charge is 2.37. The Labute approximate surface area is 140 Å². The molecule has 0 radical (unpaired) electrons. The second-order valence-corrected chi connectivity index (χ2v) is 6.12. The van der Waals surface area contributed by atoms with E-state index in [1.807, 2.05) is 6.92 Å². The van der Waals surface area contributed by atoms with E-state index < -0.39 is 12.1 Å². The molecule has 1 aliphatic rings. The van der Waals surface area contributed by atoms with Gasteiger partial charge in [-0.1, -0.05) is 18.5 Å². The highest BCUT2D eigenvalue weighted by molar-refractivity contribution is 6.31. The van der Waals surface area contributed by atoms with Crippen LogP contribution in [-0.2, 0) is 9.59 Å². The number of nitrogens with one attached hydrogen (secondary N) is 2. The monoisotopic (exact) mass is 339 g/mol. The lowest BCUT2D eigenvalue weighted by Gasteiger charge is -2.23. The van der Waals surface area contributed by atoms with E-state index in [-0.39, 0.29) is 24.8 Å². The molecule has 1 aromatic rings. The van der Waals surface area contributed by atoms with E-state index in [0.29, 0.717) is 10.7 Å². The number of β-amino-alcohol motifs (C(OH)–C–C–N with tert-alkyl or cyclic N) is 1. The largest absolute Gasteiger partial charge is 0.391 e. The van der Waals surface area contributed by atoms with Crippen molar-refractivity contribution in [2.45, 2.75) is 38.8 Å². The summed E-state index contributed by atoms with van der Waals surface area (Å²) < 4.78 is 0. The van der Waals surface area contributed by atoms with Gasteiger partial charge in [0.15, 0.2) is 0 Å². The van der Waals surface area contributed by atoms with E-state index in [9.17, 15) is 14.7 Å². The first-order valence-corrected chi connectivity index (χ1v) is 8.09. The van der Waals surface area contributed by atoms with Gasteiger partial charge in [-0.3, -0.25) is 9.59 Å². The molecule has 3 N–H and O–H groups in total. The minimum absolute atomic E-state index is 0.184. The molecule has 7 heteroatoms. The first-order chi connectivity index (χ1) is 10.9. The summed E-state index contributed by atoms with van der Waals surface area (Å²) in [7, 11) is 0. The van der Waals surface area contributed by atoms with E-state index >= 15 is 0 Å². The van der Waals surface area contributed by atoms with Crippen LogP contribution in [0.1, 0.15) is 26.7 Å². The quantitative estimate of drug-likeness (QED) is 0.767. The standard InChI is InChI=1S/C16H22ClN3O3/c1-3-6-18-13-5-4-11(17)7-14(13)19-16(23)15-8-12(22)9-20(15)10(2)21/h4-5,7,12,15,18,22H,3,6,8-9H2,1-2H3,(H,19,23)/t12-,15+/m0/s1. The zero-order valence-electron chi connectivity index (χ0n) is 13.3. The van der Waals surface area contributed by atoms with E-state index in [0.717, 1.165) is 18.7 Å². The van der Waals surface area contributed by atoms with Gasteiger partial charge in [-0.2, -0.15) is 0 Å². The summed E-state index contributed by atoms with van der Waals surface area (Å²) in [4.78, 5) is 25.5. The van der Waals surface area contributed by atoms with Crippen molar-refractivity contribution in [3.63, 3.8) is 0 Å². The maximum absolute atomic E-state index is 12.5. The Morgan fingerprint density at radius 3 is 2.78 bits per heavy atom. The smallest absolute Gasteiger partial charge is 0.247 e. The second kappa shape index (κ2) is 7.66. The van der Waals surface area contributed by atoms with Gasteiger partial charge in [-0.05, 0) is 24.6 Å². The Morgan fingerprint density at radius 2 is 2.13 bits per heavy atom. The molecule has 0 unspecified atom stereocenters. The summed E-state index contributed by atoms with van der Waals surface area (Å²) >= 11 is 6.01. The number of carbonyl (C=O) groups excluding carboxylic acids is 2. The lowest BCUT2D eigenvalue weighted by atomic mass is 10.1. The third-order valence-electron chi connectivity index (χ3n) is 3.79. The van der Waals surface area contributed by atoms with Crippen LogP contribution in [0.4, 0.5) is 11.4 Å². The van der Waals surface area contributed by atoms with Gasteiger partial charge in [-0.25, -0.2) is 0 Å². The van der Waals surface area contributed by atoms with Crippen molar-refractivity contribution in [3.05, 3.63) is 23.2 Å². The molecule has 1 aromatic carbocycles. The van der Waals surface area contributed by atoms with Crippen molar-refractivity contribution in [1.29, 1.82) is 0 Å². The number of rotatable bonds is 5. The molecule has 0 bridgehead atoms. The SMILES string of the molecule is CCCNc1ccc(Cl)cc1NC(=O)[C@H]1C[C@H](O)CN1C(C)=O. The number of aliphatic hydroxyl groups is 1.